The van der Waals surface area contributed by atoms with Gasteiger partial charge in [0.15, 0.2) is 0 Å². The summed E-state index contributed by atoms with van der Waals surface area (Å²) in [4.78, 5) is 17.5. The van der Waals surface area contributed by atoms with Crippen LogP contribution in [0.15, 0.2) is 24.4 Å². The van der Waals surface area contributed by atoms with Crippen LogP contribution >= 0.6 is 0 Å². The van der Waals surface area contributed by atoms with Gasteiger partial charge in [0.05, 0.1) is 31.4 Å². The number of benzene rings is 1. The van der Waals surface area contributed by atoms with Gasteiger partial charge in [-0.15, -0.1) is 0 Å². The molecule has 3 rings (SSSR count). The lowest BCUT2D eigenvalue weighted by molar-refractivity contribution is -0.145. The number of rotatable bonds is 11. The monoisotopic (exact) mass is 461 g/mol. The summed E-state index contributed by atoms with van der Waals surface area (Å²) < 4.78 is 18.2. The maximum Gasteiger partial charge on any atom is 0.418 e. The molecular weight excluding hydrogens is 418 g/mol. The number of ether oxygens (including phenoxy) is 3. The van der Waals surface area contributed by atoms with E-state index in [-0.39, 0.29) is 11.6 Å². The first-order valence-corrected chi connectivity index (χ1v) is 12.3. The van der Waals surface area contributed by atoms with Gasteiger partial charge in [0.1, 0.15) is 12.4 Å². The molecule has 7 nitrogen and oxygen atoms in total. The summed E-state index contributed by atoms with van der Waals surface area (Å²) >= 11 is 0. The zero-order valence-corrected chi connectivity index (χ0v) is 21.6. The van der Waals surface area contributed by atoms with Crippen molar-refractivity contribution in [3.63, 3.8) is 0 Å². The average Bonchev–Trinajstić information content (AvgIpc) is 3.16. The van der Waals surface area contributed by atoms with Crippen molar-refractivity contribution in [2.45, 2.75) is 52.5 Å². The second-order valence-corrected chi connectivity index (χ2v) is 8.63. The van der Waals surface area contributed by atoms with Crippen LogP contribution in [0.25, 0.3) is 10.9 Å². The van der Waals surface area contributed by atoms with Crippen molar-refractivity contribution in [1.82, 2.24) is 14.4 Å². The van der Waals surface area contributed by atoms with E-state index < -0.39 is 0 Å². The summed E-state index contributed by atoms with van der Waals surface area (Å²) in [5.74, 6) is 0.785. The molecule has 7 heteroatoms. The summed E-state index contributed by atoms with van der Waals surface area (Å²) in [5, 5.41) is 1.03. The van der Waals surface area contributed by atoms with Crippen LogP contribution in [0.5, 0.6) is 5.75 Å². The topological polar surface area (TPSA) is 56.2 Å². The van der Waals surface area contributed by atoms with E-state index in [2.05, 4.69) is 23.6 Å². The lowest BCUT2D eigenvalue weighted by Gasteiger charge is -2.49. The second kappa shape index (κ2) is 13.0. The Hall–Kier alpha value is -2.09. The van der Waals surface area contributed by atoms with Gasteiger partial charge < -0.3 is 19.1 Å². The number of likely N-dealkylation sites (N-methyl/N-ethyl adjacent to an activating group) is 1. The van der Waals surface area contributed by atoms with Gasteiger partial charge in [-0.1, -0.05) is 27.7 Å². The molecule has 2 heterocycles. The maximum atomic E-state index is 13.0. The third-order valence-corrected chi connectivity index (χ3v) is 6.27. The first-order valence-electron chi connectivity index (χ1n) is 12.3. The van der Waals surface area contributed by atoms with E-state index in [1.165, 1.54) is 0 Å². The molecule has 1 aromatic carbocycles. The Labute approximate surface area is 199 Å². The van der Waals surface area contributed by atoms with Gasteiger partial charge in [-0.25, -0.2) is 4.79 Å². The van der Waals surface area contributed by atoms with Gasteiger partial charge >= 0.3 is 6.09 Å². The molecule has 1 aliphatic rings. The third-order valence-electron chi connectivity index (χ3n) is 6.27. The molecule has 0 bridgehead atoms. The van der Waals surface area contributed by atoms with E-state index >= 15 is 0 Å². The van der Waals surface area contributed by atoms with E-state index in [9.17, 15) is 4.79 Å². The van der Waals surface area contributed by atoms with Crippen LogP contribution in [0, 0.1) is 0 Å². The van der Waals surface area contributed by atoms with Crippen molar-refractivity contribution < 1.29 is 19.0 Å². The van der Waals surface area contributed by atoms with Gasteiger partial charge in [0, 0.05) is 24.7 Å². The Balaban J connectivity index is 0.00000187. The summed E-state index contributed by atoms with van der Waals surface area (Å²) in [6, 6.07) is 5.80. The molecule has 186 valence electrons. The van der Waals surface area contributed by atoms with Crippen molar-refractivity contribution in [1.29, 1.82) is 0 Å². The predicted molar refractivity (Wildman–Crippen MR) is 135 cm³/mol. The minimum absolute atomic E-state index is 0.0957. The predicted octanol–water partition coefficient (Wildman–Crippen LogP) is 4.66. The molecule has 0 spiro atoms. The average molecular weight is 462 g/mol. The zero-order valence-electron chi connectivity index (χ0n) is 21.6. The van der Waals surface area contributed by atoms with Crippen LogP contribution in [0.1, 0.15) is 46.1 Å². The quantitative estimate of drug-likeness (QED) is 0.485. The normalized spacial score (nSPS) is 14.7. The molecule has 0 amide bonds. The Morgan fingerprint density at radius 1 is 1.15 bits per heavy atom. The number of carbonyl (C=O) groups excluding carboxylic acids is 1. The molecule has 0 saturated carbocycles. The standard InChI is InChI=1S/C24H37N3O4.C2H6/c1-6-11-26(24(7-2)17-30-18-24)13-14-31-23(28)27-16-19(10-12-25(3)4)21-15-20(29-5)8-9-22(21)27;1-2/h8-9,15-16H,6-7,10-14,17-18H2,1-5H3;1-2H3. The summed E-state index contributed by atoms with van der Waals surface area (Å²) in [6.07, 6.45) is 4.53. The van der Waals surface area contributed by atoms with Gasteiger partial charge in [0.25, 0.3) is 0 Å². The van der Waals surface area contributed by atoms with Crippen LogP contribution in [-0.4, -0.2) is 86.7 Å². The smallest absolute Gasteiger partial charge is 0.418 e. The highest BCUT2D eigenvalue weighted by molar-refractivity contribution is 5.92. The fraction of sp³-hybridized carbons (Fsp3) is 0.654. The van der Waals surface area contributed by atoms with E-state index in [1.807, 2.05) is 52.3 Å². The van der Waals surface area contributed by atoms with Crippen molar-refractivity contribution >= 4 is 17.0 Å². The van der Waals surface area contributed by atoms with Crippen molar-refractivity contribution in [3.8, 4) is 5.75 Å². The van der Waals surface area contributed by atoms with Crippen LogP contribution < -0.4 is 4.74 Å². The van der Waals surface area contributed by atoms with E-state index in [0.717, 1.165) is 74.3 Å². The first kappa shape index (κ1) is 27.2. The van der Waals surface area contributed by atoms with E-state index in [4.69, 9.17) is 14.2 Å². The molecule has 1 saturated heterocycles. The molecule has 2 aromatic rings. The molecule has 0 N–H and O–H groups in total. The number of hydrogen-bond donors (Lipinski definition) is 0. The maximum absolute atomic E-state index is 13.0. The number of fused-ring (bicyclic) bond motifs is 1. The number of hydrogen-bond acceptors (Lipinski definition) is 6. The van der Waals surface area contributed by atoms with Crippen molar-refractivity contribution in [2.75, 3.05) is 60.7 Å². The van der Waals surface area contributed by atoms with Crippen LogP contribution in [-0.2, 0) is 15.9 Å². The zero-order chi connectivity index (χ0) is 24.4. The molecule has 1 aliphatic heterocycles. The Bertz CT molecular complexity index is 868. The fourth-order valence-electron chi connectivity index (χ4n) is 4.22. The Morgan fingerprint density at radius 2 is 1.88 bits per heavy atom. The van der Waals surface area contributed by atoms with E-state index in [0.29, 0.717) is 6.61 Å². The second-order valence-electron chi connectivity index (χ2n) is 8.63. The highest BCUT2D eigenvalue weighted by Crippen LogP contribution is 2.29. The van der Waals surface area contributed by atoms with Crippen molar-refractivity contribution in [3.05, 3.63) is 30.0 Å². The molecule has 1 fully saturated rings. The Morgan fingerprint density at radius 3 is 2.42 bits per heavy atom. The number of carbonyl (C=O) groups is 1. The first-order chi connectivity index (χ1) is 15.9. The highest BCUT2D eigenvalue weighted by Gasteiger charge is 2.41. The van der Waals surface area contributed by atoms with Gasteiger partial charge in [-0.3, -0.25) is 9.47 Å². The van der Waals surface area contributed by atoms with Gasteiger partial charge in [-0.2, -0.15) is 0 Å². The molecule has 33 heavy (non-hydrogen) atoms. The minimum Gasteiger partial charge on any atom is -0.497 e. The number of nitrogens with zero attached hydrogens (tertiary/aromatic N) is 3. The van der Waals surface area contributed by atoms with Crippen molar-refractivity contribution in [2.24, 2.45) is 0 Å². The summed E-state index contributed by atoms with van der Waals surface area (Å²) in [6.45, 7) is 12.9. The molecule has 0 atom stereocenters. The number of aromatic nitrogens is 1. The summed E-state index contributed by atoms with van der Waals surface area (Å²) in [7, 11) is 5.75. The largest absolute Gasteiger partial charge is 0.497 e. The third kappa shape index (κ3) is 6.49. The summed E-state index contributed by atoms with van der Waals surface area (Å²) in [5.41, 5.74) is 2.06. The molecule has 0 unspecified atom stereocenters. The minimum atomic E-state index is -0.335. The fourth-order valence-corrected chi connectivity index (χ4v) is 4.22. The van der Waals surface area contributed by atoms with Gasteiger partial charge in [-0.05, 0) is 63.7 Å². The van der Waals surface area contributed by atoms with Crippen LogP contribution in [0.4, 0.5) is 4.79 Å². The van der Waals surface area contributed by atoms with Gasteiger partial charge in [0.2, 0.25) is 0 Å². The SMILES string of the molecule is CC.CCCN(CCOC(=O)n1cc(CCN(C)C)c2cc(OC)ccc21)C1(CC)COC1. The van der Waals surface area contributed by atoms with Crippen LogP contribution in [0.2, 0.25) is 0 Å². The Kier molecular flexibility index (Phi) is 10.7. The molecule has 0 radical (unpaired) electrons. The molecule has 1 aromatic heterocycles. The molecule has 0 aliphatic carbocycles. The lowest BCUT2D eigenvalue weighted by Crippen LogP contribution is -2.62. The van der Waals surface area contributed by atoms with E-state index in [1.54, 1.807) is 11.7 Å². The lowest BCUT2D eigenvalue weighted by atomic mass is 9.91. The highest BCUT2D eigenvalue weighted by atomic mass is 16.5. The van der Waals surface area contributed by atoms with Crippen LogP contribution in [0.3, 0.4) is 0 Å². The molecular formula is C26H43N3O4. The number of methoxy groups -OCH3 is 1.